The molecule has 2 rings (SSSR count). The Morgan fingerprint density at radius 1 is 1.14 bits per heavy atom. The van der Waals surface area contributed by atoms with E-state index in [9.17, 15) is 19.8 Å². The third-order valence-corrected chi connectivity index (χ3v) is 5.24. The van der Waals surface area contributed by atoms with Gasteiger partial charge in [-0.05, 0) is 54.6 Å². The number of carboxylic acids is 1. The van der Waals surface area contributed by atoms with E-state index in [4.69, 9.17) is 5.11 Å². The Balaban J connectivity index is 2.12. The van der Waals surface area contributed by atoms with Crippen molar-refractivity contribution in [2.24, 2.45) is 0 Å². The largest absolute Gasteiger partial charge is 0.481 e. The fraction of sp³-hybridized carbons (Fsp3) is 0.476. The second kappa shape index (κ2) is 10.7. The van der Waals surface area contributed by atoms with Crippen molar-refractivity contribution in [1.82, 2.24) is 9.55 Å². The van der Waals surface area contributed by atoms with Crippen molar-refractivity contribution in [2.75, 3.05) is 0 Å². The highest BCUT2D eigenvalue weighted by atomic mass is 79.9. The number of carboxylic acid groups (broad SMARTS) is 1. The summed E-state index contributed by atoms with van der Waals surface area (Å²) in [6.45, 7) is 3.92. The van der Waals surface area contributed by atoms with Crippen molar-refractivity contribution < 1.29 is 24.9 Å². The van der Waals surface area contributed by atoms with Gasteiger partial charge in [0, 0.05) is 12.5 Å². The lowest BCUT2D eigenvalue weighted by atomic mass is 10.0. The molecule has 0 aliphatic rings. The molecule has 1 heterocycles. The number of aliphatic hydroxyl groups is 2. The third kappa shape index (κ3) is 6.76. The van der Waals surface area contributed by atoms with Crippen LogP contribution in [0.15, 0.2) is 34.9 Å². The molecule has 0 saturated carbocycles. The van der Waals surface area contributed by atoms with Crippen LogP contribution in [0.1, 0.15) is 61.0 Å². The standard InChI is InChI=1S/C21H27BrN2O5/c1-13(2)24-17(9-8-15(25)11-16(26)12-19(28)29)20(22)23-21(24)18(27)10-14-6-4-3-5-7-14/h3-7,13,15-16,25-26H,8-12H2,1-2H3,(H,28,29)/t15-,16-/m1/s1. The Bertz CT molecular complexity index is 835. The van der Waals surface area contributed by atoms with Gasteiger partial charge >= 0.3 is 5.97 Å². The van der Waals surface area contributed by atoms with Gasteiger partial charge in [-0.25, -0.2) is 4.98 Å². The molecule has 29 heavy (non-hydrogen) atoms. The summed E-state index contributed by atoms with van der Waals surface area (Å²) in [4.78, 5) is 27.9. The Labute approximate surface area is 178 Å². The fourth-order valence-electron chi connectivity index (χ4n) is 3.30. The molecule has 2 atom stereocenters. The lowest BCUT2D eigenvalue weighted by Gasteiger charge is -2.18. The zero-order valence-electron chi connectivity index (χ0n) is 16.6. The third-order valence-electron chi connectivity index (χ3n) is 4.60. The van der Waals surface area contributed by atoms with Crippen molar-refractivity contribution in [3.8, 4) is 0 Å². The molecule has 7 nitrogen and oxygen atoms in total. The van der Waals surface area contributed by atoms with Crippen molar-refractivity contribution >= 4 is 27.7 Å². The van der Waals surface area contributed by atoms with Gasteiger partial charge in [-0.2, -0.15) is 0 Å². The van der Waals surface area contributed by atoms with Crippen LogP contribution >= 0.6 is 15.9 Å². The van der Waals surface area contributed by atoms with Crippen LogP contribution in [-0.4, -0.2) is 48.8 Å². The molecule has 0 aliphatic carbocycles. The molecule has 3 N–H and O–H groups in total. The summed E-state index contributed by atoms with van der Waals surface area (Å²) in [7, 11) is 0. The average molecular weight is 467 g/mol. The van der Waals surface area contributed by atoms with Gasteiger partial charge in [-0.3, -0.25) is 9.59 Å². The molecular weight excluding hydrogens is 440 g/mol. The summed E-state index contributed by atoms with van der Waals surface area (Å²) in [6, 6.07) is 9.47. The van der Waals surface area contributed by atoms with E-state index in [1.54, 1.807) is 0 Å². The number of aliphatic carboxylic acids is 1. The quantitative estimate of drug-likeness (QED) is 0.438. The normalized spacial score (nSPS) is 13.4. The minimum Gasteiger partial charge on any atom is -0.481 e. The highest BCUT2D eigenvalue weighted by Gasteiger charge is 2.24. The number of nitrogens with zero attached hydrogens (tertiary/aromatic N) is 2. The second-order valence-corrected chi connectivity index (χ2v) is 8.15. The van der Waals surface area contributed by atoms with Crippen LogP contribution in [0.4, 0.5) is 0 Å². The fourth-order valence-corrected chi connectivity index (χ4v) is 3.85. The predicted octanol–water partition coefficient (Wildman–Crippen LogP) is 3.17. The topological polar surface area (TPSA) is 113 Å². The average Bonchev–Trinajstić information content (AvgIpc) is 2.97. The number of hydrogen-bond donors (Lipinski definition) is 3. The molecule has 158 valence electrons. The monoisotopic (exact) mass is 466 g/mol. The van der Waals surface area contributed by atoms with Crippen molar-refractivity contribution in [3.05, 3.63) is 52.0 Å². The van der Waals surface area contributed by atoms with Crippen LogP contribution in [-0.2, 0) is 17.6 Å². The summed E-state index contributed by atoms with van der Waals surface area (Å²) >= 11 is 3.43. The Kier molecular flexibility index (Phi) is 8.55. The first-order valence-electron chi connectivity index (χ1n) is 9.60. The number of carbonyl (C=O) groups is 2. The van der Waals surface area contributed by atoms with Gasteiger partial charge in [0.05, 0.1) is 24.3 Å². The summed E-state index contributed by atoms with van der Waals surface area (Å²) in [6.07, 6.45) is -1.35. The molecule has 0 unspecified atom stereocenters. The molecule has 0 bridgehead atoms. The minimum atomic E-state index is -1.10. The van der Waals surface area contributed by atoms with Gasteiger partial charge in [-0.1, -0.05) is 30.3 Å². The van der Waals surface area contributed by atoms with E-state index in [1.807, 2.05) is 48.7 Å². The molecule has 1 aromatic carbocycles. The van der Waals surface area contributed by atoms with E-state index in [0.717, 1.165) is 11.3 Å². The minimum absolute atomic E-state index is 0.00623. The van der Waals surface area contributed by atoms with Gasteiger partial charge in [-0.15, -0.1) is 0 Å². The van der Waals surface area contributed by atoms with Crippen molar-refractivity contribution in [2.45, 2.75) is 64.2 Å². The molecule has 0 amide bonds. The van der Waals surface area contributed by atoms with Gasteiger partial charge in [0.2, 0.25) is 5.78 Å². The first-order chi connectivity index (χ1) is 13.7. The van der Waals surface area contributed by atoms with Gasteiger partial charge in [0.25, 0.3) is 0 Å². The number of ketones is 1. The Morgan fingerprint density at radius 3 is 2.38 bits per heavy atom. The Morgan fingerprint density at radius 2 is 1.79 bits per heavy atom. The lowest BCUT2D eigenvalue weighted by molar-refractivity contribution is -0.139. The zero-order valence-corrected chi connectivity index (χ0v) is 18.2. The van der Waals surface area contributed by atoms with Crippen molar-refractivity contribution in [1.29, 1.82) is 0 Å². The summed E-state index contributed by atoms with van der Waals surface area (Å²) in [5, 5.41) is 28.6. The number of imidazole rings is 1. The molecule has 0 saturated heterocycles. The number of Topliss-reactive ketones (excluding diaryl/α,β-unsaturated/α-hetero) is 1. The number of carbonyl (C=O) groups excluding carboxylic acids is 1. The highest BCUT2D eigenvalue weighted by Crippen LogP contribution is 2.26. The number of aromatic nitrogens is 2. The first-order valence-corrected chi connectivity index (χ1v) is 10.4. The van der Waals surface area contributed by atoms with Gasteiger partial charge in [0.1, 0.15) is 4.60 Å². The van der Waals surface area contributed by atoms with Crippen LogP contribution in [0.2, 0.25) is 0 Å². The first kappa shape index (κ1) is 23.3. The number of halogens is 1. The van der Waals surface area contributed by atoms with E-state index < -0.39 is 24.6 Å². The van der Waals surface area contributed by atoms with Crippen LogP contribution in [0.3, 0.4) is 0 Å². The van der Waals surface area contributed by atoms with Gasteiger partial charge < -0.3 is 19.9 Å². The maximum Gasteiger partial charge on any atom is 0.305 e. The van der Waals surface area contributed by atoms with Crippen LogP contribution in [0.25, 0.3) is 0 Å². The maximum atomic E-state index is 12.8. The molecule has 0 radical (unpaired) electrons. The second-order valence-electron chi connectivity index (χ2n) is 7.40. The van der Waals surface area contributed by atoms with Crippen molar-refractivity contribution in [3.63, 3.8) is 0 Å². The van der Waals surface area contributed by atoms with E-state index in [1.165, 1.54) is 0 Å². The number of rotatable bonds is 11. The van der Waals surface area contributed by atoms with E-state index in [-0.39, 0.29) is 24.7 Å². The molecule has 0 fully saturated rings. The number of aliphatic hydroxyl groups excluding tert-OH is 2. The highest BCUT2D eigenvalue weighted by molar-refractivity contribution is 9.10. The van der Waals surface area contributed by atoms with Crippen LogP contribution < -0.4 is 0 Å². The molecular formula is C21H27BrN2O5. The number of benzene rings is 1. The van der Waals surface area contributed by atoms with Gasteiger partial charge in [0.15, 0.2) is 5.82 Å². The molecule has 8 heteroatoms. The van der Waals surface area contributed by atoms with E-state index in [0.29, 0.717) is 23.3 Å². The van der Waals surface area contributed by atoms with Crippen LogP contribution in [0, 0.1) is 0 Å². The van der Waals surface area contributed by atoms with E-state index in [2.05, 4.69) is 20.9 Å². The molecule has 2 aromatic rings. The van der Waals surface area contributed by atoms with E-state index >= 15 is 0 Å². The maximum absolute atomic E-state index is 12.8. The SMILES string of the molecule is CC(C)n1c(C(=O)Cc2ccccc2)nc(Br)c1CC[C@@H](O)C[C@@H](O)CC(=O)O. The molecule has 0 spiro atoms. The molecule has 1 aromatic heterocycles. The Hall–Kier alpha value is -2.03. The zero-order chi connectivity index (χ0) is 21.6. The summed E-state index contributed by atoms with van der Waals surface area (Å²) < 4.78 is 2.43. The summed E-state index contributed by atoms with van der Waals surface area (Å²) in [5.41, 5.74) is 1.71. The summed E-state index contributed by atoms with van der Waals surface area (Å²) in [5.74, 6) is -0.827. The molecule has 0 aliphatic heterocycles. The number of hydrogen-bond acceptors (Lipinski definition) is 5. The predicted molar refractivity (Wildman–Crippen MR) is 112 cm³/mol. The smallest absolute Gasteiger partial charge is 0.305 e. The lowest BCUT2D eigenvalue weighted by Crippen LogP contribution is -2.22. The van der Waals surface area contributed by atoms with Crippen LogP contribution in [0.5, 0.6) is 0 Å².